The molecule has 0 saturated heterocycles. The van der Waals surface area contributed by atoms with E-state index in [0.717, 1.165) is 5.56 Å². The van der Waals surface area contributed by atoms with Gasteiger partial charge in [0, 0.05) is 24.2 Å². The maximum atomic E-state index is 12.3. The monoisotopic (exact) mass is 256 g/mol. The van der Waals surface area contributed by atoms with Crippen LogP contribution in [0.4, 0.5) is 0 Å². The van der Waals surface area contributed by atoms with Gasteiger partial charge >= 0.3 is 0 Å². The molecule has 19 heavy (non-hydrogen) atoms. The fourth-order valence-corrected chi connectivity index (χ4v) is 2.01. The summed E-state index contributed by atoms with van der Waals surface area (Å²) in [6, 6.07) is 10.1. The molecule has 1 aromatic heterocycles. The van der Waals surface area contributed by atoms with Crippen LogP contribution in [0.3, 0.4) is 0 Å². The van der Waals surface area contributed by atoms with E-state index in [-0.39, 0.29) is 17.2 Å². The lowest BCUT2D eigenvalue weighted by Gasteiger charge is -2.23. The average molecular weight is 256 g/mol. The number of hydrogen-bond donors (Lipinski definition) is 0. The lowest BCUT2D eigenvalue weighted by Crippen LogP contribution is -2.24. The van der Waals surface area contributed by atoms with E-state index in [1.165, 1.54) is 0 Å². The van der Waals surface area contributed by atoms with Gasteiger partial charge in [0.25, 0.3) is 0 Å². The van der Waals surface area contributed by atoms with Gasteiger partial charge in [-0.2, -0.15) is 0 Å². The summed E-state index contributed by atoms with van der Waals surface area (Å²) in [5.74, 6) is 0.259. The maximum absolute atomic E-state index is 12.3. The fraction of sp³-hybridized carbons (Fsp3) is 0.375. The zero-order valence-corrected chi connectivity index (χ0v) is 11.7. The van der Waals surface area contributed by atoms with Crippen molar-refractivity contribution in [2.75, 3.05) is 0 Å². The number of carbonyl (C=O) groups excluding carboxylic acids is 1. The third-order valence-corrected chi connectivity index (χ3v) is 3.28. The molecule has 2 aromatic rings. The molecule has 1 heterocycles. The molecule has 3 nitrogen and oxygen atoms in total. The van der Waals surface area contributed by atoms with E-state index in [0.29, 0.717) is 6.42 Å². The Morgan fingerprint density at radius 3 is 2.47 bits per heavy atom. The summed E-state index contributed by atoms with van der Waals surface area (Å²) in [4.78, 5) is 16.4. The molecule has 1 atom stereocenters. The van der Waals surface area contributed by atoms with Crippen LogP contribution in [-0.2, 0) is 4.79 Å². The van der Waals surface area contributed by atoms with E-state index < -0.39 is 0 Å². The van der Waals surface area contributed by atoms with Gasteiger partial charge in [-0.05, 0) is 5.56 Å². The summed E-state index contributed by atoms with van der Waals surface area (Å²) in [5, 5.41) is 0. The molecule has 0 aliphatic heterocycles. The van der Waals surface area contributed by atoms with Crippen LogP contribution in [0.25, 0.3) is 0 Å². The number of Topliss-reactive ketones (excluding diaryl/α,β-unsaturated/α-hetero) is 1. The zero-order chi connectivity index (χ0) is 13.9. The summed E-state index contributed by atoms with van der Waals surface area (Å²) < 4.78 is 2.00. The first-order chi connectivity index (χ1) is 8.98. The first kappa shape index (κ1) is 13.5. The zero-order valence-electron chi connectivity index (χ0n) is 11.7. The highest BCUT2D eigenvalue weighted by molar-refractivity contribution is 5.84. The van der Waals surface area contributed by atoms with Crippen LogP contribution < -0.4 is 0 Å². The summed E-state index contributed by atoms with van der Waals surface area (Å²) in [7, 11) is 0. The molecular weight excluding hydrogens is 236 g/mol. The fourth-order valence-electron chi connectivity index (χ4n) is 2.01. The van der Waals surface area contributed by atoms with Crippen LogP contribution in [0.1, 0.15) is 38.8 Å². The molecule has 1 aromatic carbocycles. The van der Waals surface area contributed by atoms with Gasteiger partial charge in [0.2, 0.25) is 0 Å². The van der Waals surface area contributed by atoms with E-state index in [4.69, 9.17) is 0 Å². The highest BCUT2D eigenvalue weighted by Gasteiger charge is 2.26. The van der Waals surface area contributed by atoms with Crippen LogP contribution in [0.2, 0.25) is 0 Å². The van der Waals surface area contributed by atoms with Gasteiger partial charge in [-0.25, -0.2) is 4.98 Å². The largest absolute Gasteiger partial charge is 0.330 e. The molecule has 0 aliphatic carbocycles. The molecule has 3 heteroatoms. The number of carbonyl (C=O) groups is 1. The Morgan fingerprint density at radius 1 is 1.26 bits per heavy atom. The Morgan fingerprint density at radius 2 is 1.95 bits per heavy atom. The van der Waals surface area contributed by atoms with Gasteiger partial charge in [0.1, 0.15) is 5.78 Å². The van der Waals surface area contributed by atoms with E-state index in [2.05, 4.69) is 17.1 Å². The summed E-state index contributed by atoms with van der Waals surface area (Å²) in [6.45, 7) is 5.89. The molecule has 0 amide bonds. The lowest BCUT2D eigenvalue weighted by molar-refractivity contribution is -0.126. The Bertz CT molecular complexity index is 524. The van der Waals surface area contributed by atoms with Gasteiger partial charge in [0.05, 0.1) is 12.4 Å². The van der Waals surface area contributed by atoms with Crippen molar-refractivity contribution in [3.05, 3.63) is 54.6 Å². The maximum Gasteiger partial charge on any atom is 0.140 e. The minimum atomic E-state index is -0.312. The third kappa shape index (κ3) is 3.31. The standard InChI is InChI=1S/C16H20N2O/c1-16(2,3)15(19)11-14(18-10-9-17-12-18)13-7-5-4-6-8-13/h4-10,12,14H,11H2,1-3H3. The predicted octanol–water partition coefficient (Wildman–Crippen LogP) is 3.48. The third-order valence-electron chi connectivity index (χ3n) is 3.28. The number of rotatable bonds is 4. The van der Waals surface area contributed by atoms with Crippen molar-refractivity contribution in [1.82, 2.24) is 9.55 Å². The molecule has 2 rings (SSSR count). The van der Waals surface area contributed by atoms with Crippen LogP contribution in [0.15, 0.2) is 49.1 Å². The Labute approximate surface area is 114 Å². The Hall–Kier alpha value is -1.90. The SMILES string of the molecule is CC(C)(C)C(=O)CC(c1ccccc1)n1ccnc1. The van der Waals surface area contributed by atoms with Gasteiger partial charge in [0.15, 0.2) is 0 Å². The number of aromatic nitrogens is 2. The minimum Gasteiger partial charge on any atom is -0.330 e. The topological polar surface area (TPSA) is 34.9 Å². The molecular formula is C16H20N2O. The molecule has 1 unspecified atom stereocenters. The molecule has 100 valence electrons. The van der Waals surface area contributed by atoms with Crippen LogP contribution in [0, 0.1) is 5.41 Å². The molecule has 0 fully saturated rings. The smallest absolute Gasteiger partial charge is 0.140 e. The second-order valence-electron chi connectivity index (χ2n) is 5.81. The van der Waals surface area contributed by atoms with Crippen molar-refractivity contribution in [1.29, 1.82) is 0 Å². The molecule has 0 bridgehead atoms. The highest BCUT2D eigenvalue weighted by atomic mass is 16.1. The van der Waals surface area contributed by atoms with Crippen molar-refractivity contribution in [2.45, 2.75) is 33.2 Å². The van der Waals surface area contributed by atoms with Crippen LogP contribution in [-0.4, -0.2) is 15.3 Å². The predicted molar refractivity (Wildman–Crippen MR) is 75.9 cm³/mol. The number of benzene rings is 1. The van der Waals surface area contributed by atoms with Gasteiger partial charge < -0.3 is 4.57 Å². The molecule has 0 aliphatic rings. The van der Waals surface area contributed by atoms with E-state index >= 15 is 0 Å². The van der Waals surface area contributed by atoms with Crippen molar-refractivity contribution < 1.29 is 4.79 Å². The van der Waals surface area contributed by atoms with Crippen LogP contribution in [0.5, 0.6) is 0 Å². The average Bonchev–Trinajstić information content (AvgIpc) is 2.89. The van der Waals surface area contributed by atoms with Crippen LogP contribution >= 0.6 is 0 Å². The minimum absolute atomic E-state index is 0.0235. The molecule has 0 N–H and O–H groups in total. The summed E-state index contributed by atoms with van der Waals surface area (Å²) in [5.41, 5.74) is 0.825. The quantitative estimate of drug-likeness (QED) is 0.839. The number of hydrogen-bond acceptors (Lipinski definition) is 2. The first-order valence-electron chi connectivity index (χ1n) is 6.54. The molecule has 0 spiro atoms. The van der Waals surface area contributed by atoms with Crippen molar-refractivity contribution in [3.8, 4) is 0 Å². The lowest BCUT2D eigenvalue weighted by atomic mass is 9.85. The Kier molecular flexibility index (Phi) is 3.84. The normalized spacial score (nSPS) is 13.2. The van der Waals surface area contributed by atoms with Crippen molar-refractivity contribution >= 4 is 5.78 Å². The van der Waals surface area contributed by atoms with Crippen molar-refractivity contribution in [3.63, 3.8) is 0 Å². The molecule has 0 radical (unpaired) electrons. The number of nitrogens with zero attached hydrogens (tertiary/aromatic N) is 2. The van der Waals surface area contributed by atoms with E-state index in [9.17, 15) is 4.79 Å². The van der Waals surface area contributed by atoms with E-state index in [1.807, 2.05) is 49.7 Å². The van der Waals surface area contributed by atoms with Gasteiger partial charge in [-0.3, -0.25) is 4.79 Å². The van der Waals surface area contributed by atoms with Gasteiger partial charge in [-0.1, -0.05) is 51.1 Å². The van der Waals surface area contributed by atoms with E-state index in [1.54, 1.807) is 12.5 Å². The van der Waals surface area contributed by atoms with Crippen molar-refractivity contribution in [2.24, 2.45) is 5.41 Å². The Balaban J connectivity index is 2.29. The second-order valence-corrected chi connectivity index (χ2v) is 5.81. The number of imidazole rings is 1. The summed E-state index contributed by atoms with van der Waals surface area (Å²) in [6.07, 6.45) is 5.92. The highest BCUT2D eigenvalue weighted by Crippen LogP contribution is 2.27. The van der Waals surface area contributed by atoms with Gasteiger partial charge in [-0.15, -0.1) is 0 Å². The molecule has 0 saturated carbocycles. The number of ketones is 1. The second kappa shape index (κ2) is 5.39. The summed E-state index contributed by atoms with van der Waals surface area (Å²) >= 11 is 0. The first-order valence-corrected chi connectivity index (χ1v) is 6.54.